The van der Waals surface area contributed by atoms with Crippen LogP contribution in [0, 0.1) is 0 Å². The van der Waals surface area contributed by atoms with Crippen LogP contribution >= 0.6 is 0 Å². The maximum absolute atomic E-state index is 5.50. The molecule has 0 radical (unpaired) electrons. The molecule has 3 heteroatoms. The second kappa shape index (κ2) is 6.62. The molecule has 0 saturated carbocycles. The lowest BCUT2D eigenvalue weighted by atomic mass is 9.98. The maximum atomic E-state index is 5.50. The van der Waals surface area contributed by atoms with Gasteiger partial charge in [-0.3, -0.25) is 0 Å². The molecule has 1 atom stereocenters. The van der Waals surface area contributed by atoms with E-state index in [1.165, 1.54) is 11.1 Å². The number of methoxy groups -OCH3 is 1. The molecule has 0 amide bonds. The second-order valence-corrected chi connectivity index (χ2v) is 4.56. The molecule has 1 aromatic carbocycles. The molecule has 0 aliphatic carbocycles. The van der Waals surface area contributed by atoms with Crippen molar-refractivity contribution in [3.8, 4) is 5.75 Å². The zero-order valence-electron chi connectivity index (χ0n) is 11.5. The van der Waals surface area contributed by atoms with Gasteiger partial charge in [-0.1, -0.05) is 26.0 Å². The molecule has 0 saturated heterocycles. The summed E-state index contributed by atoms with van der Waals surface area (Å²) < 4.78 is 5.50. The van der Waals surface area contributed by atoms with Gasteiger partial charge in [0.25, 0.3) is 0 Å². The molecule has 1 rings (SSSR count). The number of rotatable bonds is 6. The second-order valence-electron chi connectivity index (χ2n) is 4.56. The third-order valence-electron chi connectivity index (χ3n) is 3.06. The minimum atomic E-state index is 0.274. The van der Waals surface area contributed by atoms with Crippen LogP contribution in [-0.2, 0) is 0 Å². The lowest BCUT2D eigenvalue weighted by Crippen LogP contribution is -2.27. The Bertz CT molecular complexity index is 350. The largest absolute Gasteiger partial charge is 0.496 e. The Hall–Kier alpha value is -1.06. The first-order chi connectivity index (χ1) is 8.13. The monoisotopic (exact) mass is 236 g/mol. The smallest absolute Gasteiger partial charge is 0.123 e. The van der Waals surface area contributed by atoms with E-state index in [9.17, 15) is 0 Å². The Balaban J connectivity index is 3.06. The lowest BCUT2D eigenvalue weighted by molar-refractivity contribution is 0.399. The highest BCUT2D eigenvalue weighted by atomic mass is 16.5. The van der Waals surface area contributed by atoms with Crippen molar-refractivity contribution in [1.29, 1.82) is 0 Å². The van der Waals surface area contributed by atoms with Crippen LogP contribution in [0.4, 0.5) is 0 Å². The van der Waals surface area contributed by atoms with Crippen LogP contribution in [0.3, 0.4) is 0 Å². The van der Waals surface area contributed by atoms with Crippen molar-refractivity contribution >= 4 is 0 Å². The molecule has 0 aromatic heterocycles. The van der Waals surface area contributed by atoms with Gasteiger partial charge in [-0.25, -0.2) is 0 Å². The van der Waals surface area contributed by atoms with Crippen molar-refractivity contribution in [2.75, 3.05) is 27.7 Å². The minimum Gasteiger partial charge on any atom is -0.496 e. The fraction of sp³-hybridized carbons (Fsp3) is 0.571. The molecule has 0 bridgehead atoms. The van der Waals surface area contributed by atoms with E-state index in [2.05, 4.69) is 42.7 Å². The summed E-state index contributed by atoms with van der Waals surface area (Å²) in [6.45, 7) is 5.27. The van der Waals surface area contributed by atoms with Crippen LogP contribution in [0.1, 0.15) is 36.9 Å². The first kappa shape index (κ1) is 14.0. The van der Waals surface area contributed by atoms with E-state index < -0.39 is 0 Å². The molecule has 96 valence electrons. The highest BCUT2D eigenvalue weighted by Gasteiger charge is 2.14. The van der Waals surface area contributed by atoms with Crippen molar-refractivity contribution in [3.63, 3.8) is 0 Å². The van der Waals surface area contributed by atoms with Crippen molar-refractivity contribution in [2.24, 2.45) is 0 Å². The number of hydrogen-bond acceptors (Lipinski definition) is 3. The van der Waals surface area contributed by atoms with Gasteiger partial charge in [-0.05, 0) is 31.6 Å². The predicted molar refractivity (Wildman–Crippen MR) is 72.8 cm³/mol. The average Bonchev–Trinajstić information content (AvgIpc) is 2.35. The first-order valence-corrected chi connectivity index (χ1v) is 6.13. The van der Waals surface area contributed by atoms with Crippen LogP contribution in [0.2, 0.25) is 0 Å². The summed E-state index contributed by atoms with van der Waals surface area (Å²) in [5.74, 6) is 1.49. The zero-order chi connectivity index (χ0) is 12.8. The topological polar surface area (TPSA) is 33.3 Å². The first-order valence-electron chi connectivity index (χ1n) is 6.13. The standard InChI is InChI=1S/C14H24N2O/c1-10(2)11-6-7-12(14(8-11)17-5)13(16-4)9-15-3/h6-8,10,13,15-16H,9H2,1-5H3. The van der Waals surface area contributed by atoms with E-state index in [0.717, 1.165) is 12.3 Å². The molecule has 1 aromatic rings. The number of ether oxygens (including phenoxy) is 1. The summed E-state index contributed by atoms with van der Waals surface area (Å²) in [5.41, 5.74) is 2.51. The normalized spacial score (nSPS) is 12.8. The Morgan fingerprint density at radius 1 is 1.24 bits per heavy atom. The third-order valence-corrected chi connectivity index (χ3v) is 3.06. The molecule has 17 heavy (non-hydrogen) atoms. The van der Waals surface area contributed by atoms with Crippen molar-refractivity contribution < 1.29 is 4.74 Å². The van der Waals surface area contributed by atoms with Crippen molar-refractivity contribution in [3.05, 3.63) is 29.3 Å². The van der Waals surface area contributed by atoms with E-state index in [-0.39, 0.29) is 6.04 Å². The SMILES string of the molecule is CNCC(NC)c1ccc(C(C)C)cc1OC. The highest BCUT2D eigenvalue weighted by Crippen LogP contribution is 2.28. The molecule has 0 aliphatic heterocycles. The van der Waals surface area contributed by atoms with Crippen molar-refractivity contribution in [2.45, 2.75) is 25.8 Å². The summed E-state index contributed by atoms with van der Waals surface area (Å²) in [4.78, 5) is 0. The fourth-order valence-corrected chi connectivity index (χ4v) is 1.95. The van der Waals surface area contributed by atoms with E-state index in [4.69, 9.17) is 4.74 Å². The molecule has 0 heterocycles. The van der Waals surface area contributed by atoms with Gasteiger partial charge in [0, 0.05) is 18.2 Å². The summed E-state index contributed by atoms with van der Waals surface area (Å²) in [6, 6.07) is 6.76. The van der Waals surface area contributed by atoms with E-state index in [1.807, 2.05) is 14.1 Å². The highest BCUT2D eigenvalue weighted by molar-refractivity contribution is 5.40. The van der Waals surface area contributed by atoms with Gasteiger partial charge in [0.1, 0.15) is 5.75 Å². The number of nitrogens with one attached hydrogen (secondary N) is 2. The molecule has 0 spiro atoms. The molecular weight excluding hydrogens is 212 g/mol. The maximum Gasteiger partial charge on any atom is 0.123 e. The Morgan fingerprint density at radius 2 is 1.94 bits per heavy atom. The van der Waals surface area contributed by atoms with Crippen LogP contribution in [-0.4, -0.2) is 27.7 Å². The lowest BCUT2D eigenvalue weighted by Gasteiger charge is -2.20. The molecule has 2 N–H and O–H groups in total. The fourth-order valence-electron chi connectivity index (χ4n) is 1.95. The van der Waals surface area contributed by atoms with Crippen LogP contribution in [0.15, 0.2) is 18.2 Å². The van der Waals surface area contributed by atoms with Gasteiger partial charge in [0.05, 0.1) is 7.11 Å². The molecule has 0 aliphatic rings. The summed E-state index contributed by atoms with van der Waals surface area (Å²) in [6.07, 6.45) is 0. The molecular formula is C14H24N2O. The minimum absolute atomic E-state index is 0.274. The quantitative estimate of drug-likeness (QED) is 0.795. The van der Waals surface area contributed by atoms with Crippen LogP contribution in [0.5, 0.6) is 5.75 Å². The van der Waals surface area contributed by atoms with Gasteiger partial charge >= 0.3 is 0 Å². The van der Waals surface area contributed by atoms with E-state index >= 15 is 0 Å². The number of hydrogen-bond donors (Lipinski definition) is 2. The van der Waals surface area contributed by atoms with Gasteiger partial charge in [-0.2, -0.15) is 0 Å². The third kappa shape index (κ3) is 3.45. The summed E-state index contributed by atoms with van der Waals surface area (Å²) in [5, 5.41) is 6.49. The van der Waals surface area contributed by atoms with Gasteiger partial charge in [0.15, 0.2) is 0 Å². The van der Waals surface area contributed by atoms with Gasteiger partial charge in [0.2, 0.25) is 0 Å². The Kier molecular flexibility index (Phi) is 5.45. The summed E-state index contributed by atoms with van der Waals surface area (Å²) in [7, 11) is 5.66. The van der Waals surface area contributed by atoms with Gasteiger partial charge in [-0.15, -0.1) is 0 Å². The van der Waals surface area contributed by atoms with Crippen molar-refractivity contribution in [1.82, 2.24) is 10.6 Å². The number of likely N-dealkylation sites (N-methyl/N-ethyl adjacent to an activating group) is 2. The Labute approximate surface area is 105 Å². The van der Waals surface area contributed by atoms with E-state index in [1.54, 1.807) is 7.11 Å². The summed E-state index contributed by atoms with van der Waals surface area (Å²) >= 11 is 0. The molecule has 3 nitrogen and oxygen atoms in total. The van der Waals surface area contributed by atoms with E-state index in [0.29, 0.717) is 5.92 Å². The average molecular weight is 236 g/mol. The van der Waals surface area contributed by atoms with Crippen LogP contribution in [0.25, 0.3) is 0 Å². The molecule has 1 unspecified atom stereocenters. The molecule has 0 fully saturated rings. The van der Waals surface area contributed by atoms with Gasteiger partial charge < -0.3 is 15.4 Å². The predicted octanol–water partition coefficient (Wildman–Crippen LogP) is 2.30. The zero-order valence-corrected chi connectivity index (χ0v) is 11.5. The Morgan fingerprint density at radius 3 is 2.41 bits per heavy atom. The number of benzene rings is 1. The van der Waals surface area contributed by atoms with Crippen LogP contribution < -0.4 is 15.4 Å².